The lowest BCUT2D eigenvalue weighted by Crippen LogP contribution is -2.09. The summed E-state index contributed by atoms with van der Waals surface area (Å²) in [6.45, 7) is 0. The van der Waals surface area contributed by atoms with Crippen molar-refractivity contribution in [3.05, 3.63) is 17.0 Å². The number of carboxylic acid groups (broad SMARTS) is 1. The maximum Gasteiger partial charge on any atom is 0.354 e. The van der Waals surface area contributed by atoms with Crippen molar-refractivity contribution in [2.24, 2.45) is 7.05 Å². The van der Waals surface area contributed by atoms with Gasteiger partial charge in [-0.2, -0.15) is 5.10 Å². The fourth-order valence-electron chi connectivity index (χ4n) is 1.95. The largest absolute Gasteiger partial charge is 0.477 e. The van der Waals surface area contributed by atoms with Crippen molar-refractivity contribution in [1.82, 2.24) is 9.78 Å². The van der Waals surface area contributed by atoms with Crippen LogP contribution in [0.25, 0.3) is 0 Å². The molecule has 1 heterocycles. The standard InChI is InChI=1S/C9H12N2O2/c1-11-8(9(12)13)6-4-2-3-5-7(6)10-11/h2-5H2,1H3,(H,12,13). The molecule has 4 nitrogen and oxygen atoms in total. The minimum Gasteiger partial charge on any atom is -0.477 e. The van der Waals surface area contributed by atoms with Crippen LogP contribution in [-0.2, 0) is 19.9 Å². The van der Waals surface area contributed by atoms with E-state index in [1.807, 2.05) is 0 Å². The Hall–Kier alpha value is -1.32. The molecule has 0 spiro atoms. The highest BCUT2D eigenvalue weighted by molar-refractivity contribution is 5.87. The zero-order valence-corrected chi connectivity index (χ0v) is 7.58. The highest BCUT2D eigenvalue weighted by Gasteiger charge is 2.22. The molecular weight excluding hydrogens is 168 g/mol. The molecule has 0 unspecified atom stereocenters. The smallest absolute Gasteiger partial charge is 0.354 e. The zero-order valence-electron chi connectivity index (χ0n) is 7.58. The van der Waals surface area contributed by atoms with Crippen LogP contribution in [0.1, 0.15) is 34.6 Å². The number of aromatic carboxylic acids is 1. The van der Waals surface area contributed by atoms with Gasteiger partial charge >= 0.3 is 5.97 Å². The van der Waals surface area contributed by atoms with Crippen LogP contribution in [0.5, 0.6) is 0 Å². The fourth-order valence-corrected chi connectivity index (χ4v) is 1.95. The summed E-state index contributed by atoms with van der Waals surface area (Å²) in [5.41, 5.74) is 2.29. The highest BCUT2D eigenvalue weighted by atomic mass is 16.4. The van der Waals surface area contributed by atoms with E-state index < -0.39 is 5.97 Å². The first-order valence-electron chi connectivity index (χ1n) is 4.48. The molecule has 0 bridgehead atoms. The molecule has 70 valence electrons. The maximum atomic E-state index is 10.9. The van der Waals surface area contributed by atoms with E-state index in [0.29, 0.717) is 5.69 Å². The number of hydrogen-bond donors (Lipinski definition) is 1. The molecule has 1 aromatic rings. The minimum absolute atomic E-state index is 0.370. The third kappa shape index (κ3) is 1.22. The topological polar surface area (TPSA) is 55.1 Å². The van der Waals surface area contributed by atoms with Crippen LogP contribution in [0.15, 0.2) is 0 Å². The number of aryl methyl sites for hydroxylation is 2. The van der Waals surface area contributed by atoms with E-state index in [4.69, 9.17) is 5.11 Å². The molecule has 0 aliphatic heterocycles. The molecule has 0 saturated heterocycles. The molecule has 13 heavy (non-hydrogen) atoms. The van der Waals surface area contributed by atoms with E-state index >= 15 is 0 Å². The molecule has 1 aliphatic carbocycles. The first kappa shape index (κ1) is 8.29. The number of aromatic nitrogens is 2. The monoisotopic (exact) mass is 180 g/mol. The van der Waals surface area contributed by atoms with Gasteiger partial charge in [-0.3, -0.25) is 4.68 Å². The Morgan fingerprint density at radius 1 is 1.46 bits per heavy atom. The van der Waals surface area contributed by atoms with Crippen LogP contribution in [-0.4, -0.2) is 20.9 Å². The first-order chi connectivity index (χ1) is 6.20. The van der Waals surface area contributed by atoms with E-state index in [9.17, 15) is 4.79 Å². The molecular formula is C9H12N2O2. The summed E-state index contributed by atoms with van der Waals surface area (Å²) < 4.78 is 1.48. The van der Waals surface area contributed by atoms with Crippen LogP contribution in [0.3, 0.4) is 0 Å². The molecule has 1 N–H and O–H groups in total. The lowest BCUT2D eigenvalue weighted by Gasteiger charge is -2.08. The third-order valence-corrected chi connectivity index (χ3v) is 2.52. The molecule has 0 radical (unpaired) electrons. The van der Waals surface area contributed by atoms with Gasteiger partial charge in [-0.05, 0) is 25.7 Å². The van der Waals surface area contributed by atoms with Crippen molar-refractivity contribution in [2.75, 3.05) is 0 Å². The molecule has 0 saturated carbocycles. The number of nitrogens with zero attached hydrogens (tertiary/aromatic N) is 2. The van der Waals surface area contributed by atoms with Gasteiger partial charge in [0.05, 0.1) is 5.69 Å². The van der Waals surface area contributed by atoms with E-state index in [1.54, 1.807) is 7.05 Å². The van der Waals surface area contributed by atoms with Crippen molar-refractivity contribution in [3.63, 3.8) is 0 Å². The van der Waals surface area contributed by atoms with Gasteiger partial charge in [0, 0.05) is 12.6 Å². The summed E-state index contributed by atoms with van der Waals surface area (Å²) in [4.78, 5) is 10.9. The summed E-state index contributed by atoms with van der Waals surface area (Å²) in [5.74, 6) is -0.863. The molecule has 0 atom stereocenters. The lowest BCUT2D eigenvalue weighted by atomic mass is 9.96. The minimum atomic E-state index is -0.863. The van der Waals surface area contributed by atoms with Crippen molar-refractivity contribution in [3.8, 4) is 0 Å². The van der Waals surface area contributed by atoms with Crippen molar-refractivity contribution >= 4 is 5.97 Å². The Bertz CT molecular complexity index is 355. The Labute approximate surface area is 76.2 Å². The molecule has 1 aliphatic rings. The number of carbonyl (C=O) groups is 1. The van der Waals surface area contributed by atoms with Gasteiger partial charge in [0.2, 0.25) is 0 Å². The predicted octanol–water partition coefficient (Wildman–Crippen LogP) is 0.997. The van der Waals surface area contributed by atoms with Crippen molar-refractivity contribution < 1.29 is 9.90 Å². The van der Waals surface area contributed by atoms with Gasteiger partial charge in [-0.25, -0.2) is 4.79 Å². The predicted molar refractivity (Wildman–Crippen MR) is 46.8 cm³/mol. The first-order valence-corrected chi connectivity index (χ1v) is 4.48. The van der Waals surface area contributed by atoms with Gasteiger partial charge in [-0.1, -0.05) is 0 Å². The quantitative estimate of drug-likeness (QED) is 0.701. The van der Waals surface area contributed by atoms with Gasteiger partial charge in [-0.15, -0.1) is 0 Å². The molecule has 4 heteroatoms. The molecule has 1 aromatic heterocycles. The molecule has 0 aromatic carbocycles. The average molecular weight is 180 g/mol. The second kappa shape index (κ2) is 2.87. The molecule has 0 fully saturated rings. The average Bonchev–Trinajstić information content (AvgIpc) is 2.39. The Morgan fingerprint density at radius 3 is 2.85 bits per heavy atom. The second-order valence-electron chi connectivity index (χ2n) is 3.41. The summed E-state index contributed by atoms with van der Waals surface area (Å²) in [7, 11) is 1.70. The summed E-state index contributed by atoms with van der Waals surface area (Å²) in [6.07, 6.45) is 4.00. The summed E-state index contributed by atoms with van der Waals surface area (Å²) in [5, 5.41) is 13.2. The summed E-state index contributed by atoms with van der Waals surface area (Å²) in [6, 6.07) is 0. The SMILES string of the molecule is Cn1nc2c(c1C(=O)O)CCCC2. The number of carboxylic acids is 1. The maximum absolute atomic E-state index is 10.9. The number of rotatable bonds is 1. The van der Waals surface area contributed by atoms with Crippen LogP contribution < -0.4 is 0 Å². The normalized spacial score (nSPS) is 15.5. The van der Waals surface area contributed by atoms with Gasteiger partial charge in [0.15, 0.2) is 0 Å². The highest BCUT2D eigenvalue weighted by Crippen LogP contribution is 2.23. The Kier molecular flexibility index (Phi) is 1.83. The van der Waals surface area contributed by atoms with Crippen LogP contribution in [0, 0.1) is 0 Å². The van der Waals surface area contributed by atoms with E-state index in [-0.39, 0.29) is 0 Å². The number of hydrogen-bond acceptors (Lipinski definition) is 2. The van der Waals surface area contributed by atoms with E-state index in [0.717, 1.165) is 36.9 Å². The second-order valence-corrected chi connectivity index (χ2v) is 3.41. The fraction of sp³-hybridized carbons (Fsp3) is 0.556. The summed E-state index contributed by atoms with van der Waals surface area (Å²) >= 11 is 0. The van der Waals surface area contributed by atoms with Crippen LogP contribution in [0.2, 0.25) is 0 Å². The van der Waals surface area contributed by atoms with Crippen molar-refractivity contribution in [2.45, 2.75) is 25.7 Å². The molecule has 2 rings (SSSR count). The molecule has 0 amide bonds. The number of fused-ring (bicyclic) bond motifs is 1. The van der Waals surface area contributed by atoms with Crippen molar-refractivity contribution in [1.29, 1.82) is 0 Å². The Morgan fingerprint density at radius 2 is 2.15 bits per heavy atom. The van der Waals surface area contributed by atoms with Gasteiger partial charge < -0.3 is 5.11 Å². The zero-order chi connectivity index (χ0) is 9.42. The van der Waals surface area contributed by atoms with E-state index in [1.165, 1.54) is 4.68 Å². The Balaban J connectivity index is 2.54. The van der Waals surface area contributed by atoms with Crippen LogP contribution >= 0.6 is 0 Å². The van der Waals surface area contributed by atoms with Gasteiger partial charge in [0.25, 0.3) is 0 Å². The van der Waals surface area contributed by atoms with E-state index in [2.05, 4.69) is 5.10 Å². The third-order valence-electron chi connectivity index (χ3n) is 2.52. The lowest BCUT2D eigenvalue weighted by molar-refractivity contribution is 0.0683. The van der Waals surface area contributed by atoms with Crippen LogP contribution in [0.4, 0.5) is 0 Å². The van der Waals surface area contributed by atoms with Gasteiger partial charge in [0.1, 0.15) is 5.69 Å².